The van der Waals surface area contributed by atoms with Crippen molar-refractivity contribution in [2.24, 2.45) is 0 Å². The highest BCUT2D eigenvalue weighted by atomic mass is 35.5. The lowest BCUT2D eigenvalue weighted by molar-refractivity contribution is -0.121. The third-order valence-corrected chi connectivity index (χ3v) is 6.65. The van der Waals surface area contributed by atoms with E-state index >= 15 is 0 Å². The molecule has 2 aliphatic rings. The van der Waals surface area contributed by atoms with Crippen LogP contribution in [0, 0.1) is 13.8 Å². The Morgan fingerprint density at radius 1 is 0.897 bits per heavy atom. The van der Waals surface area contributed by atoms with Gasteiger partial charge in [0, 0.05) is 23.0 Å². The van der Waals surface area contributed by atoms with Gasteiger partial charge in [-0.25, -0.2) is 4.90 Å². The van der Waals surface area contributed by atoms with Gasteiger partial charge in [-0.2, -0.15) is 0 Å². The Balaban J connectivity index is 1.75. The third-order valence-electron chi connectivity index (χ3n) is 5.32. The summed E-state index contributed by atoms with van der Waals surface area (Å²) in [5.74, 6) is -0.470. The van der Waals surface area contributed by atoms with E-state index in [0.717, 1.165) is 48.4 Å². The average Bonchev–Trinajstić information content (AvgIpc) is 2.94. The largest absolute Gasteiger partial charge is 0.366 e. The van der Waals surface area contributed by atoms with E-state index in [9.17, 15) is 9.59 Å². The SMILES string of the molecule is Cc1ccc(N2C(=O)C(Sc3ccc(Cl)cc3)=C(N3CCCCC3)C2=O)c(C)c1. The Labute approximate surface area is 180 Å². The molecule has 2 heterocycles. The monoisotopic (exact) mass is 426 g/mol. The van der Waals surface area contributed by atoms with E-state index in [4.69, 9.17) is 11.6 Å². The first-order valence-corrected chi connectivity index (χ1v) is 11.0. The highest BCUT2D eigenvalue weighted by molar-refractivity contribution is 8.04. The summed E-state index contributed by atoms with van der Waals surface area (Å²) in [6.45, 7) is 5.55. The number of halogens is 1. The molecule has 1 saturated heterocycles. The van der Waals surface area contributed by atoms with Gasteiger partial charge in [0.25, 0.3) is 11.8 Å². The summed E-state index contributed by atoms with van der Waals surface area (Å²) < 4.78 is 0. The van der Waals surface area contributed by atoms with E-state index in [1.165, 1.54) is 16.7 Å². The van der Waals surface area contributed by atoms with E-state index in [0.29, 0.717) is 21.3 Å². The number of rotatable bonds is 4. The van der Waals surface area contributed by atoms with Crippen molar-refractivity contribution in [2.75, 3.05) is 18.0 Å². The molecule has 0 N–H and O–H groups in total. The number of benzene rings is 2. The van der Waals surface area contributed by atoms with Crippen molar-refractivity contribution in [3.8, 4) is 0 Å². The van der Waals surface area contributed by atoms with E-state index < -0.39 is 0 Å². The molecule has 0 spiro atoms. The van der Waals surface area contributed by atoms with Crippen LogP contribution in [0.3, 0.4) is 0 Å². The Hall–Kier alpha value is -2.24. The predicted molar refractivity (Wildman–Crippen MR) is 118 cm³/mol. The van der Waals surface area contributed by atoms with Crippen molar-refractivity contribution >= 4 is 40.9 Å². The van der Waals surface area contributed by atoms with Crippen LogP contribution in [0.4, 0.5) is 5.69 Å². The van der Waals surface area contributed by atoms with Gasteiger partial charge in [0.15, 0.2) is 0 Å². The number of hydrogen-bond donors (Lipinski definition) is 0. The lowest BCUT2D eigenvalue weighted by atomic mass is 10.1. The van der Waals surface area contributed by atoms with Crippen LogP contribution in [0.1, 0.15) is 30.4 Å². The second-order valence-electron chi connectivity index (χ2n) is 7.52. The van der Waals surface area contributed by atoms with Gasteiger partial charge < -0.3 is 4.90 Å². The van der Waals surface area contributed by atoms with Crippen LogP contribution in [0.5, 0.6) is 0 Å². The number of anilines is 1. The standard InChI is InChI=1S/C23H23ClN2O2S/c1-15-6-11-19(16(2)14-15)26-22(27)20(25-12-4-3-5-13-25)21(23(26)28)29-18-9-7-17(24)8-10-18/h6-11,14H,3-5,12-13H2,1-2H3. The molecule has 0 radical (unpaired) electrons. The summed E-state index contributed by atoms with van der Waals surface area (Å²) in [5.41, 5.74) is 3.22. The first-order valence-electron chi connectivity index (χ1n) is 9.84. The molecule has 4 nitrogen and oxygen atoms in total. The Bertz CT molecular complexity index is 994. The van der Waals surface area contributed by atoms with Crippen LogP contribution in [0.2, 0.25) is 5.02 Å². The zero-order valence-corrected chi connectivity index (χ0v) is 18.1. The Morgan fingerprint density at radius 2 is 1.59 bits per heavy atom. The van der Waals surface area contributed by atoms with Crippen LogP contribution in [-0.4, -0.2) is 29.8 Å². The maximum atomic E-state index is 13.5. The molecule has 150 valence electrons. The van der Waals surface area contributed by atoms with Crippen LogP contribution in [0.15, 0.2) is 58.0 Å². The summed E-state index contributed by atoms with van der Waals surface area (Å²) in [7, 11) is 0. The van der Waals surface area contributed by atoms with Crippen LogP contribution in [0.25, 0.3) is 0 Å². The van der Waals surface area contributed by atoms with E-state index in [-0.39, 0.29) is 11.8 Å². The smallest absolute Gasteiger partial charge is 0.283 e. The molecule has 0 unspecified atom stereocenters. The first-order chi connectivity index (χ1) is 14.0. The van der Waals surface area contributed by atoms with Crippen LogP contribution < -0.4 is 4.90 Å². The number of nitrogens with zero attached hydrogens (tertiary/aromatic N) is 2. The minimum absolute atomic E-state index is 0.222. The maximum Gasteiger partial charge on any atom is 0.283 e. The van der Waals surface area contributed by atoms with Gasteiger partial charge >= 0.3 is 0 Å². The second kappa shape index (κ2) is 8.25. The van der Waals surface area contributed by atoms with Gasteiger partial charge in [-0.1, -0.05) is 41.1 Å². The fourth-order valence-electron chi connectivity index (χ4n) is 3.88. The fraction of sp³-hybridized carbons (Fsp3) is 0.304. The number of likely N-dealkylation sites (tertiary alicyclic amines) is 1. The molecule has 6 heteroatoms. The van der Waals surface area contributed by atoms with Crippen molar-refractivity contribution in [3.63, 3.8) is 0 Å². The first kappa shape index (κ1) is 20.0. The molecule has 4 rings (SSSR count). The van der Waals surface area contributed by atoms with E-state index in [1.54, 1.807) is 12.1 Å². The predicted octanol–water partition coefficient (Wildman–Crippen LogP) is 5.32. The van der Waals surface area contributed by atoms with Crippen LogP contribution in [-0.2, 0) is 9.59 Å². The highest BCUT2D eigenvalue weighted by Gasteiger charge is 2.43. The molecule has 0 atom stereocenters. The minimum Gasteiger partial charge on any atom is -0.366 e. The average molecular weight is 427 g/mol. The topological polar surface area (TPSA) is 40.6 Å². The number of carbonyl (C=O) groups excluding carboxylic acids is 2. The van der Waals surface area contributed by atoms with E-state index in [2.05, 4.69) is 4.90 Å². The number of aryl methyl sites for hydroxylation is 2. The fourth-order valence-corrected chi connectivity index (χ4v) is 5.01. The van der Waals surface area contributed by atoms with Crippen molar-refractivity contribution in [1.82, 2.24) is 4.90 Å². The van der Waals surface area contributed by atoms with Crippen molar-refractivity contribution in [3.05, 3.63) is 69.2 Å². The Kier molecular flexibility index (Phi) is 5.70. The lowest BCUT2D eigenvalue weighted by Gasteiger charge is -2.29. The molecule has 2 aromatic carbocycles. The maximum absolute atomic E-state index is 13.5. The van der Waals surface area contributed by atoms with Crippen LogP contribution >= 0.6 is 23.4 Å². The van der Waals surface area contributed by atoms with E-state index in [1.807, 2.05) is 44.2 Å². The van der Waals surface area contributed by atoms with Gasteiger partial charge in [-0.15, -0.1) is 0 Å². The summed E-state index contributed by atoms with van der Waals surface area (Å²) in [6.07, 6.45) is 3.23. The summed E-state index contributed by atoms with van der Waals surface area (Å²) in [6, 6.07) is 13.2. The number of thioether (sulfide) groups is 1. The van der Waals surface area contributed by atoms with Crippen molar-refractivity contribution in [1.29, 1.82) is 0 Å². The lowest BCUT2D eigenvalue weighted by Crippen LogP contribution is -2.37. The number of carbonyl (C=O) groups is 2. The zero-order valence-electron chi connectivity index (χ0n) is 16.6. The molecule has 2 aliphatic heterocycles. The Morgan fingerprint density at radius 3 is 2.24 bits per heavy atom. The number of hydrogen-bond acceptors (Lipinski definition) is 4. The zero-order chi connectivity index (χ0) is 20.5. The molecule has 29 heavy (non-hydrogen) atoms. The summed E-state index contributed by atoms with van der Waals surface area (Å²) >= 11 is 7.35. The van der Waals surface area contributed by atoms with Gasteiger partial charge in [0.05, 0.1) is 5.69 Å². The molecule has 0 saturated carbocycles. The van der Waals surface area contributed by atoms with Crippen molar-refractivity contribution in [2.45, 2.75) is 38.0 Å². The molecular formula is C23H23ClN2O2S. The molecule has 1 fully saturated rings. The molecule has 2 aromatic rings. The van der Waals surface area contributed by atoms with Gasteiger partial charge in [-0.05, 0) is 69.0 Å². The summed E-state index contributed by atoms with van der Waals surface area (Å²) in [5, 5.41) is 0.644. The highest BCUT2D eigenvalue weighted by Crippen LogP contribution is 2.40. The molecule has 2 amide bonds. The third kappa shape index (κ3) is 3.94. The van der Waals surface area contributed by atoms with Crippen molar-refractivity contribution < 1.29 is 9.59 Å². The number of piperidine rings is 1. The number of amides is 2. The van der Waals surface area contributed by atoms with Gasteiger partial charge in [-0.3, -0.25) is 9.59 Å². The normalized spacial score (nSPS) is 17.5. The molecule has 0 aromatic heterocycles. The molecule has 0 aliphatic carbocycles. The second-order valence-corrected chi connectivity index (χ2v) is 9.04. The van der Waals surface area contributed by atoms with Gasteiger partial charge in [0.1, 0.15) is 10.6 Å². The quantitative estimate of drug-likeness (QED) is 0.620. The van der Waals surface area contributed by atoms with Gasteiger partial charge in [0.2, 0.25) is 0 Å². The molecule has 0 bridgehead atoms. The summed E-state index contributed by atoms with van der Waals surface area (Å²) in [4.78, 5) is 31.8. The number of imide groups is 1. The molecular weight excluding hydrogens is 404 g/mol. The minimum atomic E-state index is -0.248.